The molecule has 0 aromatic carbocycles. The van der Waals surface area contributed by atoms with E-state index in [0.717, 1.165) is 36.0 Å². The molecule has 0 aliphatic heterocycles. The maximum atomic E-state index is 12.3. The van der Waals surface area contributed by atoms with Crippen LogP contribution in [0.2, 0.25) is 0 Å². The van der Waals surface area contributed by atoms with Crippen molar-refractivity contribution in [2.45, 2.75) is 27.2 Å². The number of thiophene rings is 1. The molecule has 3 heterocycles. The van der Waals surface area contributed by atoms with Crippen molar-refractivity contribution < 1.29 is 4.79 Å². The molecule has 0 atom stereocenters. The van der Waals surface area contributed by atoms with Gasteiger partial charge in [-0.3, -0.25) is 4.79 Å². The number of nitrogens with zero attached hydrogens (tertiary/aromatic N) is 3. The largest absolute Gasteiger partial charge is 0.357 e. The predicted octanol–water partition coefficient (Wildman–Crippen LogP) is 4.39. The molecule has 3 rings (SSSR count). The summed E-state index contributed by atoms with van der Waals surface area (Å²) in [5.74, 6) is 0.820. The van der Waals surface area contributed by atoms with Gasteiger partial charge in [-0.15, -0.1) is 22.7 Å². The Kier molecular flexibility index (Phi) is 6.58. The fraction of sp³-hybridized carbons (Fsp3) is 0.350. The van der Waals surface area contributed by atoms with E-state index < -0.39 is 0 Å². The van der Waals surface area contributed by atoms with Crippen molar-refractivity contribution in [2.24, 2.45) is 0 Å². The normalized spacial score (nSPS) is 10.8. The summed E-state index contributed by atoms with van der Waals surface area (Å²) in [5.41, 5.74) is 1.63. The van der Waals surface area contributed by atoms with Gasteiger partial charge in [-0.25, -0.2) is 9.97 Å². The monoisotopic (exact) mass is 400 g/mol. The van der Waals surface area contributed by atoms with Gasteiger partial charge in [0.05, 0.1) is 21.1 Å². The van der Waals surface area contributed by atoms with Gasteiger partial charge in [0.2, 0.25) is 0 Å². The van der Waals surface area contributed by atoms with E-state index in [0.29, 0.717) is 12.1 Å². The van der Waals surface area contributed by atoms with E-state index in [1.807, 2.05) is 19.1 Å². The van der Waals surface area contributed by atoms with Crippen LogP contribution >= 0.6 is 22.7 Å². The molecule has 1 N–H and O–H groups in total. The molecule has 0 saturated carbocycles. The fourth-order valence-corrected chi connectivity index (χ4v) is 4.44. The average Bonchev–Trinajstić information content (AvgIpc) is 3.32. The molecule has 0 saturated heterocycles. The van der Waals surface area contributed by atoms with E-state index in [2.05, 4.69) is 51.5 Å². The third-order valence-electron chi connectivity index (χ3n) is 4.29. The third-order valence-corrected chi connectivity index (χ3v) is 6.23. The number of anilines is 1. The highest BCUT2D eigenvalue weighted by atomic mass is 32.1. The first-order valence-corrected chi connectivity index (χ1v) is 10.8. The van der Waals surface area contributed by atoms with Crippen molar-refractivity contribution in [1.82, 2.24) is 15.3 Å². The van der Waals surface area contributed by atoms with Gasteiger partial charge in [0.1, 0.15) is 5.82 Å². The van der Waals surface area contributed by atoms with Gasteiger partial charge in [0, 0.05) is 36.1 Å². The Hall–Kier alpha value is -2.25. The minimum absolute atomic E-state index is 0.0829. The number of carbonyl (C=O) groups excluding carboxylic acids is 1. The van der Waals surface area contributed by atoms with Crippen molar-refractivity contribution in [3.8, 4) is 10.6 Å². The molecule has 0 bridgehead atoms. The molecular formula is C20H24N4OS2. The fourth-order valence-electron chi connectivity index (χ4n) is 2.78. The molecule has 27 heavy (non-hydrogen) atoms. The second-order valence-corrected chi connectivity index (χ2v) is 8.33. The summed E-state index contributed by atoms with van der Waals surface area (Å²) >= 11 is 3.39. The van der Waals surface area contributed by atoms with Crippen LogP contribution in [0.1, 0.15) is 34.1 Å². The number of pyridine rings is 1. The van der Waals surface area contributed by atoms with Crippen LogP contribution < -0.4 is 10.2 Å². The lowest BCUT2D eigenvalue weighted by Crippen LogP contribution is -2.26. The van der Waals surface area contributed by atoms with Crippen LogP contribution in [-0.2, 0) is 6.42 Å². The van der Waals surface area contributed by atoms with E-state index in [1.54, 1.807) is 28.9 Å². The zero-order chi connectivity index (χ0) is 19.2. The Bertz CT molecular complexity index is 882. The van der Waals surface area contributed by atoms with Crippen LogP contribution in [0.3, 0.4) is 0 Å². The molecule has 0 radical (unpaired) electrons. The first kappa shape index (κ1) is 19.5. The number of hydrogen-bond acceptors (Lipinski definition) is 6. The molecule has 3 aromatic heterocycles. The maximum Gasteiger partial charge on any atom is 0.252 e. The van der Waals surface area contributed by atoms with E-state index in [-0.39, 0.29) is 5.91 Å². The molecule has 0 spiro atoms. The van der Waals surface area contributed by atoms with Crippen molar-refractivity contribution >= 4 is 34.4 Å². The number of rotatable bonds is 8. The lowest BCUT2D eigenvalue weighted by molar-refractivity contribution is 0.0954. The zero-order valence-corrected chi connectivity index (χ0v) is 17.5. The number of amides is 1. The lowest BCUT2D eigenvalue weighted by Gasteiger charge is -2.19. The lowest BCUT2D eigenvalue weighted by atomic mass is 10.2. The van der Waals surface area contributed by atoms with Gasteiger partial charge in [-0.2, -0.15) is 0 Å². The standard InChI is InChI=1S/C20H24N4OS2/c1-4-24(5-2)19-9-6-15(12-22-19)20(25)21-11-10-16-7-8-18(27-16)17-13-26-14(3)23-17/h6-9,12-13H,4-5,10-11H2,1-3H3,(H,21,25). The van der Waals surface area contributed by atoms with E-state index in [1.165, 1.54) is 9.75 Å². The van der Waals surface area contributed by atoms with Crippen molar-refractivity contribution in [2.75, 3.05) is 24.5 Å². The first-order valence-electron chi connectivity index (χ1n) is 9.11. The highest BCUT2D eigenvalue weighted by molar-refractivity contribution is 7.16. The Morgan fingerprint density at radius 3 is 2.63 bits per heavy atom. The molecule has 1 amide bonds. The molecule has 0 unspecified atom stereocenters. The molecule has 5 nitrogen and oxygen atoms in total. The minimum Gasteiger partial charge on any atom is -0.357 e. The molecule has 142 valence electrons. The Labute approximate surface area is 168 Å². The molecule has 3 aromatic rings. The van der Waals surface area contributed by atoms with Gasteiger partial charge in [0.25, 0.3) is 5.91 Å². The number of nitrogens with one attached hydrogen (secondary N) is 1. The topological polar surface area (TPSA) is 58.1 Å². The van der Waals surface area contributed by atoms with Gasteiger partial charge < -0.3 is 10.2 Å². The summed E-state index contributed by atoms with van der Waals surface area (Å²) in [5, 5.41) is 6.14. The Morgan fingerprint density at radius 1 is 1.19 bits per heavy atom. The summed E-state index contributed by atoms with van der Waals surface area (Å²) in [7, 11) is 0. The van der Waals surface area contributed by atoms with Crippen LogP contribution in [0, 0.1) is 6.92 Å². The number of aromatic nitrogens is 2. The van der Waals surface area contributed by atoms with Crippen LogP contribution in [0.5, 0.6) is 0 Å². The predicted molar refractivity (Wildman–Crippen MR) is 114 cm³/mol. The number of aryl methyl sites for hydroxylation is 1. The summed E-state index contributed by atoms with van der Waals surface area (Å²) < 4.78 is 0. The molecule has 0 aliphatic rings. The molecule has 7 heteroatoms. The maximum absolute atomic E-state index is 12.3. The zero-order valence-electron chi connectivity index (χ0n) is 15.9. The van der Waals surface area contributed by atoms with Gasteiger partial charge >= 0.3 is 0 Å². The highest BCUT2D eigenvalue weighted by Gasteiger charge is 2.09. The van der Waals surface area contributed by atoms with Crippen molar-refractivity contribution in [1.29, 1.82) is 0 Å². The van der Waals surface area contributed by atoms with Crippen LogP contribution in [0.25, 0.3) is 10.6 Å². The Balaban J connectivity index is 1.52. The quantitative estimate of drug-likeness (QED) is 0.609. The number of hydrogen-bond donors (Lipinski definition) is 1. The molecule has 0 fully saturated rings. The summed E-state index contributed by atoms with van der Waals surface area (Å²) in [6, 6.07) is 7.96. The Morgan fingerprint density at radius 2 is 2.00 bits per heavy atom. The van der Waals surface area contributed by atoms with E-state index >= 15 is 0 Å². The van der Waals surface area contributed by atoms with Crippen molar-refractivity contribution in [3.63, 3.8) is 0 Å². The second-order valence-electron chi connectivity index (χ2n) is 6.10. The van der Waals surface area contributed by atoms with E-state index in [4.69, 9.17) is 0 Å². The summed E-state index contributed by atoms with van der Waals surface area (Å²) in [6.45, 7) is 8.61. The minimum atomic E-state index is -0.0829. The van der Waals surface area contributed by atoms with Gasteiger partial charge in [0.15, 0.2) is 0 Å². The molecular weight excluding hydrogens is 376 g/mol. The summed E-state index contributed by atoms with van der Waals surface area (Å²) in [6.07, 6.45) is 2.46. The average molecular weight is 401 g/mol. The van der Waals surface area contributed by atoms with Crippen LogP contribution in [0.15, 0.2) is 35.8 Å². The van der Waals surface area contributed by atoms with Crippen LogP contribution in [-0.4, -0.2) is 35.5 Å². The summed E-state index contributed by atoms with van der Waals surface area (Å²) in [4.78, 5) is 25.8. The van der Waals surface area contributed by atoms with Gasteiger partial charge in [-0.1, -0.05) is 0 Å². The van der Waals surface area contributed by atoms with E-state index in [9.17, 15) is 4.79 Å². The smallest absolute Gasteiger partial charge is 0.252 e. The number of thiazole rings is 1. The third kappa shape index (κ3) is 4.93. The molecule has 0 aliphatic carbocycles. The van der Waals surface area contributed by atoms with Crippen LogP contribution in [0.4, 0.5) is 5.82 Å². The van der Waals surface area contributed by atoms with Crippen molar-refractivity contribution in [3.05, 3.63) is 51.3 Å². The van der Waals surface area contributed by atoms with Gasteiger partial charge in [-0.05, 0) is 51.5 Å². The SMILES string of the molecule is CCN(CC)c1ccc(C(=O)NCCc2ccc(-c3csc(C)n3)s2)cn1. The number of carbonyl (C=O) groups is 1. The second kappa shape index (κ2) is 9.10. The highest BCUT2D eigenvalue weighted by Crippen LogP contribution is 2.29. The first-order chi connectivity index (χ1) is 13.1.